The highest BCUT2D eigenvalue weighted by molar-refractivity contribution is 6.61. The van der Waals surface area contributed by atoms with Crippen LogP contribution < -0.4 is 5.32 Å². The number of para-hydroxylation sites is 1. The SMILES string of the molecule is CC(OC(=O)Cl)n1cc(C2=C(c3cn(C)c4cc([N+](=O)[O-])ccc34)C(=O)NC2=O)c2ccccc21. The van der Waals surface area contributed by atoms with E-state index in [0.717, 1.165) is 0 Å². The molecule has 0 bridgehead atoms. The molecule has 11 heteroatoms. The third-order valence-electron chi connectivity index (χ3n) is 6.05. The smallest absolute Gasteiger partial charge is 0.405 e. The average molecular weight is 493 g/mol. The summed E-state index contributed by atoms with van der Waals surface area (Å²) in [7, 11) is 1.71. The van der Waals surface area contributed by atoms with Crippen molar-refractivity contribution in [2.75, 3.05) is 0 Å². The van der Waals surface area contributed by atoms with Crippen molar-refractivity contribution in [3.63, 3.8) is 0 Å². The third-order valence-corrected chi connectivity index (χ3v) is 6.14. The van der Waals surface area contributed by atoms with Gasteiger partial charge in [0.2, 0.25) is 0 Å². The summed E-state index contributed by atoms with van der Waals surface area (Å²) < 4.78 is 8.44. The zero-order valence-corrected chi connectivity index (χ0v) is 19.2. The molecule has 0 radical (unpaired) electrons. The summed E-state index contributed by atoms with van der Waals surface area (Å²) in [5.41, 5.74) is 1.38. The number of nitrogens with zero attached hydrogens (tertiary/aromatic N) is 3. The Kier molecular flexibility index (Phi) is 5.17. The second-order valence-corrected chi connectivity index (χ2v) is 8.38. The van der Waals surface area contributed by atoms with Gasteiger partial charge in [-0.05, 0) is 19.1 Å². The number of nitro benzene ring substituents is 1. The molecule has 0 saturated carbocycles. The number of carbonyl (C=O) groups is 3. The van der Waals surface area contributed by atoms with Crippen molar-refractivity contribution in [2.24, 2.45) is 7.05 Å². The van der Waals surface area contributed by atoms with Crippen LogP contribution in [0.5, 0.6) is 0 Å². The van der Waals surface area contributed by atoms with E-state index >= 15 is 0 Å². The molecule has 35 heavy (non-hydrogen) atoms. The van der Waals surface area contributed by atoms with Gasteiger partial charge in [-0.25, -0.2) is 4.79 Å². The number of non-ortho nitro benzene ring substituents is 1. The first-order chi connectivity index (χ1) is 16.7. The highest BCUT2D eigenvalue weighted by Gasteiger charge is 2.35. The number of hydrogen-bond acceptors (Lipinski definition) is 6. The van der Waals surface area contributed by atoms with Gasteiger partial charge in [-0.2, -0.15) is 0 Å². The van der Waals surface area contributed by atoms with Gasteiger partial charge in [-0.3, -0.25) is 25.0 Å². The van der Waals surface area contributed by atoms with Crippen LogP contribution >= 0.6 is 11.6 Å². The van der Waals surface area contributed by atoms with E-state index in [1.165, 1.54) is 12.1 Å². The largest absolute Gasteiger partial charge is 0.430 e. The first-order valence-electron chi connectivity index (χ1n) is 10.5. The van der Waals surface area contributed by atoms with Crippen LogP contribution in [0.3, 0.4) is 0 Å². The third kappa shape index (κ3) is 3.55. The minimum Gasteiger partial charge on any atom is -0.430 e. The number of rotatable bonds is 5. The molecule has 4 aromatic rings. The average Bonchev–Trinajstić information content (AvgIpc) is 3.43. The van der Waals surface area contributed by atoms with E-state index in [4.69, 9.17) is 16.3 Å². The number of imide groups is 1. The van der Waals surface area contributed by atoms with E-state index in [2.05, 4.69) is 5.32 Å². The quantitative estimate of drug-likeness (QED) is 0.189. The fourth-order valence-corrected chi connectivity index (χ4v) is 4.68. The summed E-state index contributed by atoms with van der Waals surface area (Å²) in [5, 5.41) is 14.9. The minimum atomic E-state index is -0.977. The molecule has 2 aromatic heterocycles. The summed E-state index contributed by atoms with van der Waals surface area (Å²) >= 11 is 5.40. The fourth-order valence-electron chi connectivity index (χ4n) is 4.55. The van der Waals surface area contributed by atoms with Gasteiger partial charge in [0, 0.05) is 65.1 Å². The lowest BCUT2D eigenvalue weighted by atomic mass is 9.95. The molecule has 1 aliphatic rings. The molecule has 2 amide bonds. The Bertz CT molecular complexity index is 1630. The number of halogens is 1. The second-order valence-electron chi connectivity index (χ2n) is 8.07. The Morgan fingerprint density at radius 2 is 1.66 bits per heavy atom. The van der Waals surface area contributed by atoms with Crippen LogP contribution in [0.4, 0.5) is 10.5 Å². The monoisotopic (exact) mass is 492 g/mol. The van der Waals surface area contributed by atoms with E-state index < -0.39 is 28.4 Å². The summed E-state index contributed by atoms with van der Waals surface area (Å²) in [6, 6.07) is 11.5. The number of aryl methyl sites for hydroxylation is 1. The van der Waals surface area contributed by atoms with Crippen molar-refractivity contribution in [3.05, 3.63) is 76.1 Å². The first kappa shape index (κ1) is 22.4. The van der Waals surface area contributed by atoms with Crippen LogP contribution in [0, 0.1) is 10.1 Å². The van der Waals surface area contributed by atoms with Crippen molar-refractivity contribution >= 4 is 67.5 Å². The predicted octanol–water partition coefficient (Wildman–Crippen LogP) is 4.50. The predicted molar refractivity (Wildman–Crippen MR) is 129 cm³/mol. The molecule has 1 aliphatic heterocycles. The molecular weight excluding hydrogens is 476 g/mol. The Labute approximate surface area is 202 Å². The molecule has 1 unspecified atom stereocenters. The van der Waals surface area contributed by atoms with Gasteiger partial charge in [0.25, 0.3) is 17.5 Å². The van der Waals surface area contributed by atoms with Gasteiger partial charge in [-0.1, -0.05) is 18.2 Å². The molecule has 2 aromatic carbocycles. The lowest BCUT2D eigenvalue weighted by Crippen LogP contribution is -2.22. The van der Waals surface area contributed by atoms with Crippen molar-refractivity contribution in [3.8, 4) is 0 Å². The molecule has 1 atom stereocenters. The Balaban J connectivity index is 1.78. The lowest BCUT2D eigenvalue weighted by Gasteiger charge is -2.14. The minimum absolute atomic E-state index is 0.0858. The topological polar surface area (TPSA) is 125 Å². The summed E-state index contributed by atoms with van der Waals surface area (Å²) in [6.45, 7) is 1.63. The van der Waals surface area contributed by atoms with Gasteiger partial charge in [0.15, 0.2) is 6.23 Å². The molecular formula is C24H17ClN4O6. The summed E-state index contributed by atoms with van der Waals surface area (Å²) in [6.07, 6.45) is 2.53. The highest BCUT2D eigenvalue weighted by atomic mass is 35.5. The Hall–Kier alpha value is -4.44. The molecule has 0 aliphatic carbocycles. The van der Waals surface area contributed by atoms with Crippen LogP contribution in [0.15, 0.2) is 54.9 Å². The summed E-state index contributed by atoms with van der Waals surface area (Å²) in [4.78, 5) is 48.1. The number of carbonyl (C=O) groups excluding carboxylic acids is 3. The van der Waals surface area contributed by atoms with Gasteiger partial charge >= 0.3 is 5.43 Å². The molecule has 10 nitrogen and oxygen atoms in total. The van der Waals surface area contributed by atoms with E-state index in [0.29, 0.717) is 32.9 Å². The maximum Gasteiger partial charge on any atom is 0.405 e. The molecule has 5 rings (SSSR count). The molecule has 3 heterocycles. The van der Waals surface area contributed by atoms with Crippen LogP contribution in [-0.4, -0.2) is 31.3 Å². The van der Waals surface area contributed by atoms with Gasteiger partial charge in [0.05, 0.1) is 27.1 Å². The van der Waals surface area contributed by atoms with Crippen LogP contribution in [0.1, 0.15) is 24.3 Å². The Morgan fingerprint density at radius 3 is 2.31 bits per heavy atom. The van der Waals surface area contributed by atoms with E-state index in [-0.39, 0.29) is 16.8 Å². The highest BCUT2D eigenvalue weighted by Crippen LogP contribution is 2.40. The molecule has 0 fully saturated rings. The number of amides is 2. The molecule has 1 N–H and O–H groups in total. The van der Waals surface area contributed by atoms with Gasteiger partial charge in [0.1, 0.15) is 0 Å². The number of nitro groups is 1. The number of hydrogen-bond donors (Lipinski definition) is 1. The maximum atomic E-state index is 13.1. The van der Waals surface area contributed by atoms with Crippen LogP contribution in [0.2, 0.25) is 0 Å². The Morgan fingerprint density at radius 1 is 1.03 bits per heavy atom. The number of nitrogens with one attached hydrogen (secondary N) is 1. The first-order valence-corrected chi connectivity index (χ1v) is 10.8. The van der Waals surface area contributed by atoms with Crippen molar-refractivity contribution in [2.45, 2.75) is 13.2 Å². The number of ether oxygens (including phenoxy) is 1. The summed E-state index contributed by atoms with van der Waals surface area (Å²) in [5.74, 6) is -1.15. The van der Waals surface area contributed by atoms with Gasteiger partial charge < -0.3 is 13.9 Å². The van der Waals surface area contributed by atoms with E-state index in [1.54, 1.807) is 65.8 Å². The fraction of sp³-hybridized carbons (Fsp3) is 0.125. The number of benzene rings is 2. The normalized spacial score (nSPS) is 14.6. The zero-order valence-electron chi connectivity index (χ0n) is 18.4. The number of fused-ring (bicyclic) bond motifs is 2. The standard InChI is InChI=1S/C24H17ClN4O6/c1-12(35-24(25)32)28-11-17(14-5-3-4-6-18(14)28)21-20(22(30)26-23(21)31)16-10-27(2)19-9-13(29(33)34)7-8-15(16)19/h3-12H,1-2H3,(H,26,30,31). The van der Waals surface area contributed by atoms with E-state index in [1.807, 2.05) is 0 Å². The van der Waals surface area contributed by atoms with Crippen molar-refractivity contribution < 1.29 is 24.0 Å². The molecule has 0 saturated heterocycles. The molecule has 176 valence electrons. The van der Waals surface area contributed by atoms with Crippen molar-refractivity contribution in [1.29, 1.82) is 0 Å². The number of aromatic nitrogens is 2. The van der Waals surface area contributed by atoms with Crippen molar-refractivity contribution in [1.82, 2.24) is 14.5 Å². The van der Waals surface area contributed by atoms with E-state index in [9.17, 15) is 24.5 Å². The van der Waals surface area contributed by atoms with Crippen LogP contribution in [0.25, 0.3) is 33.0 Å². The second kappa shape index (κ2) is 8.10. The molecule has 0 spiro atoms. The van der Waals surface area contributed by atoms with Gasteiger partial charge in [-0.15, -0.1) is 0 Å². The zero-order chi connectivity index (χ0) is 25.0. The van der Waals surface area contributed by atoms with Crippen LogP contribution in [-0.2, 0) is 21.4 Å². The maximum absolute atomic E-state index is 13.1. The lowest BCUT2D eigenvalue weighted by molar-refractivity contribution is -0.384.